The van der Waals surface area contributed by atoms with Crippen molar-refractivity contribution in [2.75, 3.05) is 63.9 Å². The van der Waals surface area contributed by atoms with E-state index >= 15 is 0 Å². The van der Waals surface area contributed by atoms with Crippen molar-refractivity contribution in [3.63, 3.8) is 0 Å². The molecule has 0 radical (unpaired) electrons. The number of rotatable bonds is 8. The molecule has 30 heavy (non-hydrogen) atoms. The highest BCUT2D eigenvalue weighted by atomic mass is 32.2. The van der Waals surface area contributed by atoms with Crippen LogP contribution < -0.4 is 4.90 Å². The molecule has 2 fully saturated rings. The summed E-state index contributed by atoms with van der Waals surface area (Å²) in [4.78, 5) is 17.9. The molecule has 0 spiro atoms. The number of pyridine rings is 1. The number of hydrogen-bond acceptors (Lipinski definition) is 7. The monoisotopic (exact) mass is 450 g/mol. The molecule has 3 heterocycles. The van der Waals surface area contributed by atoms with Gasteiger partial charge in [0.1, 0.15) is 18.7 Å². The summed E-state index contributed by atoms with van der Waals surface area (Å²) in [5.74, 6) is 0.198. The summed E-state index contributed by atoms with van der Waals surface area (Å²) >= 11 is 0. The van der Waals surface area contributed by atoms with E-state index in [-0.39, 0.29) is 38.6 Å². The van der Waals surface area contributed by atoms with Crippen molar-refractivity contribution in [2.24, 2.45) is 0 Å². The van der Waals surface area contributed by atoms with Gasteiger partial charge in [0.25, 0.3) is 0 Å². The molecule has 2 saturated heterocycles. The summed E-state index contributed by atoms with van der Waals surface area (Å²) in [7, 11) is -3.50. The van der Waals surface area contributed by atoms with Gasteiger partial charge < -0.3 is 14.4 Å². The normalized spacial score (nSPS) is 21.8. The maximum absolute atomic E-state index is 13.0. The zero-order valence-corrected chi connectivity index (χ0v) is 17.2. The highest BCUT2D eigenvalue weighted by Crippen LogP contribution is 2.31. The highest BCUT2D eigenvalue weighted by molar-refractivity contribution is 7.89. The van der Waals surface area contributed by atoms with Crippen molar-refractivity contribution >= 4 is 22.1 Å². The second-order valence-corrected chi connectivity index (χ2v) is 9.50. The van der Waals surface area contributed by atoms with E-state index in [1.165, 1.54) is 4.31 Å². The largest absolute Gasteiger partial charge is 0.416 e. The molecular weight excluding hydrogens is 425 g/mol. The van der Waals surface area contributed by atoms with Crippen molar-refractivity contribution < 1.29 is 31.1 Å². The van der Waals surface area contributed by atoms with Gasteiger partial charge in [0.15, 0.2) is 0 Å². The number of hydrogen-bond donors (Lipinski definition) is 0. The van der Waals surface area contributed by atoms with Gasteiger partial charge in [0, 0.05) is 45.5 Å². The Morgan fingerprint density at radius 2 is 1.93 bits per heavy atom. The third-order valence-corrected chi connectivity index (χ3v) is 7.70. The van der Waals surface area contributed by atoms with Crippen molar-refractivity contribution in [1.82, 2.24) is 14.2 Å². The zero-order valence-electron chi connectivity index (χ0n) is 16.4. The number of aldehydes is 1. The molecule has 168 valence electrons. The lowest BCUT2D eigenvalue weighted by Crippen LogP contribution is -2.51. The molecule has 8 nitrogen and oxygen atoms in total. The van der Waals surface area contributed by atoms with Gasteiger partial charge in [-0.3, -0.25) is 4.90 Å². The Bertz CT molecular complexity index is 829. The molecular formula is C18H25F3N4O4S. The van der Waals surface area contributed by atoms with E-state index < -0.39 is 27.0 Å². The average molecular weight is 450 g/mol. The number of carbonyl (C=O) groups is 1. The minimum absolute atomic E-state index is 0.0284. The number of carbonyl (C=O) groups excluding carboxylic acids is 1. The van der Waals surface area contributed by atoms with Crippen LogP contribution in [-0.2, 0) is 25.7 Å². The fourth-order valence-corrected chi connectivity index (χ4v) is 5.61. The van der Waals surface area contributed by atoms with Crippen LogP contribution in [0, 0.1) is 0 Å². The number of halogens is 3. The predicted molar refractivity (Wildman–Crippen MR) is 104 cm³/mol. The molecule has 3 rings (SSSR count). The molecule has 1 aromatic heterocycles. The lowest BCUT2D eigenvalue weighted by Gasteiger charge is -2.36. The van der Waals surface area contributed by atoms with Crippen LogP contribution in [0.2, 0.25) is 0 Å². The summed E-state index contributed by atoms with van der Waals surface area (Å²) in [6.45, 7) is 2.99. The van der Waals surface area contributed by atoms with Crippen LogP contribution >= 0.6 is 0 Å². The Hall–Kier alpha value is -1.76. The smallest absolute Gasteiger partial charge is 0.373 e. The van der Waals surface area contributed by atoms with Gasteiger partial charge in [-0.1, -0.05) is 0 Å². The standard InChI is InChI=1S/C18H25F3N4O4S/c19-18(20,21)15-1-3-22-17(13-15)24-5-7-25(8-6-24)30(27,28)16-2-4-23(14-16)9-11-29-12-10-26/h1,3,10,13,16H,2,4-9,11-12,14H2. The summed E-state index contributed by atoms with van der Waals surface area (Å²) in [5.41, 5.74) is -0.772. The van der Waals surface area contributed by atoms with Crippen LogP contribution in [0.3, 0.4) is 0 Å². The van der Waals surface area contributed by atoms with Gasteiger partial charge in [0.2, 0.25) is 10.0 Å². The van der Waals surface area contributed by atoms with Crippen molar-refractivity contribution in [1.29, 1.82) is 0 Å². The molecule has 1 aromatic rings. The highest BCUT2D eigenvalue weighted by Gasteiger charge is 2.38. The minimum Gasteiger partial charge on any atom is -0.373 e. The van der Waals surface area contributed by atoms with E-state index in [1.807, 2.05) is 4.90 Å². The van der Waals surface area contributed by atoms with Crippen molar-refractivity contribution in [3.05, 3.63) is 23.9 Å². The Morgan fingerprint density at radius 1 is 1.20 bits per heavy atom. The van der Waals surface area contributed by atoms with Gasteiger partial charge >= 0.3 is 6.18 Å². The summed E-state index contributed by atoms with van der Waals surface area (Å²) in [6.07, 6.45) is -2.14. The maximum atomic E-state index is 13.0. The van der Waals surface area contributed by atoms with Crippen LogP contribution in [0.5, 0.6) is 0 Å². The number of aromatic nitrogens is 1. The minimum atomic E-state index is -4.45. The van der Waals surface area contributed by atoms with Gasteiger partial charge in [-0.2, -0.15) is 17.5 Å². The summed E-state index contributed by atoms with van der Waals surface area (Å²) in [6, 6.07) is 1.91. The van der Waals surface area contributed by atoms with E-state index in [0.29, 0.717) is 38.9 Å². The first-order valence-electron chi connectivity index (χ1n) is 9.72. The van der Waals surface area contributed by atoms with Crippen LogP contribution in [0.1, 0.15) is 12.0 Å². The average Bonchev–Trinajstić information content (AvgIpc) is 3.21. The van der Waals surface area contributed by atoms with Gasteiger partial charge in [-0.05, 0) is 25.1 Å². The molecule has 0 N–H and O–H groups in total. The fraction of sp³-hybridized carbons (Fsp3) is 0.667. The Balaban J connectivity index is 1.54. The number of alkyl halides is 3. The van der Waals surface area contributed by atoms with E-state index in [4.69, 9.17) is 4.74 Å². The third kappa shape index (κ3) is 5.48. The first kappa shape index (κ1) is 22.9. The topological polar surface area (TPSA) is 83.0 Å². The zero-order chi connectivity index (χ0) is 21.8. The quantitative estimate of drug-likeness (QED) is 0.429. The number of likely N-dealkylation sites (tertiary alicyclic amines) is 1. The SMILES string of the molecule is O=CCOCCN1CCC(S(=O)(=O)N2CCN(c3cc(C(F)(F)F)ccn3)CC2)C1. The van der Waals surface area contributed by atoms with Crippen LogP contribution in [0.4, 0.5) is 19.0 Å². The van der Waals surface area contributed by atoms with Gasteiger partial charge in [-0.25, -0.2) is 13.4 Å². The molecule has 2 aliphatic rings. The van der Waals surface area contributed by atoms with E-state index in [2.05, 4.69) is 4.98 Å². The molecule has 0 bridgehead atoms. The van der Waals surface area contributed by atoms with Crippen LogP contribution in [0.15, 0.2) is 18.3 Å². The summed E-state index contributed by atoms with van der Waals surface area (Å²) in [5, 5.41) is -0.512. The number of piperazine rings is 1. The molecule has 2 aliphatic heterocycles. The second kappa shape index (κ2) is 9.58. The van der Waals surface area contributed by atoms with Crippen LogP contribution in [-0.4, -0.2) is 93.2 Å². The number of ether oxygens (including phenoxy) is 1. The van der Waals surface area contributed by atoms with E-state index in [9.17, 15) is 26.4 Å². The maximum Gasteiger partial charge on any atom is 0.416 e. The number of anilines is 1. The van der Waals surface area contributed by atoms with E-state index in [1.54, 1.807) is 4.90 Å². The Kier molecular flexibility index (Phi) is 7.32. The third-order valence-electron chi connectivity index (χ3n) is 5.38. The van der Waals surface area contributed by atoms with Crippen molar-refractivity contribution in [2.45, 2.75) is 17.8 Å². The molecule has 0 aliphatic carbocycles. The van der Waals surface area contributed by atoms with Crippen molar-refractivity contribution in [3.8, 4) is 0 Å². The number of sulfonamides is 1. The first-order chi connectivity index (χ1) is 14.2. The predicted octanol–water partition coefficient (Wildman–Crippen LogP) is 0.842. The molecule has 1 atom stereocenters. The van der Waals surface area contributed by atoms with Gasteiger partial charge in [0.05, 0.1) is 17.4 Å². The second-order valence-electron chi connectivity index (χ2n) is 7.28. The first-order valence-corrected chi connectivity index (χ1v) is 11.2. The fourth-order valence-electron chi connectivity index (χ4n) is 3.72. The number of nitrogens with zero attached hydrogens (tertiary/aromatic N) is 4. The lowest BCUT2D eigenvalue weighted by atomic mass is 10.2. The molecule has 1 unspecified atom stereocenters. The molecule has 0 aromatic carbocycles. The molecule has 0 saturated carbocycles. The molecule has 12 heteroatoms. The Morgan fingerprint density at radius 3 is 2.60 bits per heavy atom. The van der Waals surface area contributed by atoms with Crippen LogP contribution in [0.25, 0.3) is 0 Å². The molecule has 0 amide bonds. The van der Waals surface area contributed by atoms with Gasteiger partial charge in [-0.15, -0.1) is 0 Å². The lowest BCUT2D eigenvalue weighted by molar-refractivity contribution is -0.137. The summed E-state index contributed by atoms with van der Waals surface area (Å²) < 4.78 is 71.2. The Labute approximate surface area is 173 Å². The van der Waals surface area contributed by atoms with E-state index in [0.717, 1.165) is 18.3 Å².